The number of fused-ring (bicyclic) bond motifs is 1. The number of alkyl halides is 3. The Kier molecular flexibility index (Phi) is 7.14. The topological polar surface area (TPSA) is 118 Å². The summed E-state index contributed by atoms with van der Waals surface area (Å²) in [6.45, 7) is 2.31. The molecule has 2 aromatic carbocycles. The van der Waals surface area contributed by atoms with Crippen LogP contribution in [-0.2, 0) is 15.8 Å². The number of ether oxygens (including phenoxy) is 2. The van der Waals surface area contributed by atoms with E-state index in [0.717, 1.165) is 6.07 Å². The summed E-state index contributed by atoms with van der Waals surface area (Å²) in [7, 11) is 0. The minimum Gasteiger partial charge on any atom is -0.548 e. The smallest absolute Gasteiger partial charge is 0.453 e. The maximum absolute atomic E-state index is 13.8. The Labute approximate surface area is 190 Å². The van der Waals surface area contributed by atoms with Crippen LogP contribution in [0, 0.1) is 0 Å². The van der Waals surface area contributed by atoms with Crippen LogP contribution in [0.25, 0.3) is 11.0 Å². The highest BCUT2D eigenvalue weighted by atomic mass is 19.4. The second-order valence-corrected chi connectivity index (χ2v) is 7.48. The van der Waals surface area contributed by atoms with Crippen LogP contribution < -0.4 is 25.3 Å². The summed E-state index contributed by atoms with van der Waals surface area (Å²) >= 11 is 0. The Morgan fingerprint density at radius 3 is 2.50 bits per heavy atom. The number of aliphatic carboxylic acids is 1. The Bertz CT molecular complexity index is 1280. The highest BCUT2D eigenvalue weighted by Gasteiger charge is 2.40. The Hall–Kier alpha value is -4.02. The molecule has 0 bridgehead atoms. The van der Waals surface area contributed by atoms with E-state index in [1.54, 1.807) is 18.2 Å². The van der Waals surface area contributed by atoms with Crippen molar-refractivity contribution in [2.24, 2.45) is 0 Å². The molecule has 34 heavy (non-hydrogen) atoms. The minimum atomic E-state index is -5.04. The number of benzene rings is 2. The van der Waals surface area contributed by atoms with Gasteiger partial charge in [0.15, 0.2) is 6.61 Å². The van der Waals surface area contributed by atoms with Crippen molar-refractivity contribution in [2.45, 2.75) is 25.9 Å². The largest absolute Gasteiger partial charge is 0.548 e. The van der Waals surface area contributed by atoms with Crippen LogP contribution in [0.15, 0.2) is 51.7 Å². The van der Waals surface area contributed by atoms with E-state index in [9.17, 15) is 32.7 Å². The van der Waals surface area contributed by atoms with Crippen LogP contribution in [0.4, 0.5) is 13.2 Å². The summed E-state index contributed by atoms with van der Waals surface area (Å²) in [5.74, 6) is -4.98. The SMILES string of the molecule is CC(C)c1ccccc1Oc1c(C(F)(F)F)oc2cc(OCC(=O)NCC(=O)[O-])ccc2c1=O. The van der Waals surface area contributed by atoms with Gasteiger partial charge in [-0.3, -0.25) is 9.59 Å². The molecule has 0 aliphatic rings. The first kappa shape index (κ1) is 24.6. The molecule has 0 aliphatic heterocycles. The Morgan fingerprint density at radius 1 is 1.15 bits per heavy atom. The lowest BCUT2D eigenvalue weighted by Crippen LogP contribution is -2.39. The highest BCUT2D eigenvalue weighted by Crippen LogP contribution is 2.40. The third-order valence-electron chi connectivity index (χ3n) is 4.63. The lowest BCUT2D eigenvalue weighted by atomic mass is 10.0. The number of halogens is 3. The predicted octanol–water partition coefficient (Wildman–Crippen LogP) is 2.97. The van der Waals surface area contributed by atoms with Gasteiger partial charge in [0.2, 0.25) is 11.2 Å². The van der Waals surface area contributed by atoms with E-state index >= 15 is 0 Å². The third-order valence-corrected chi connectivity index (χ3v) is 4.63. The molecule has 1 heterocycles. The number of amides is 1. The molecule has 0 saturated carbocycles. The van der Waals surface area contributed by atoms with Gasteiger partial charge in [-0.2, -0.15) is 13.2 Å². The first-order valence-electron chi connectivity index (χ1n) is 10.0. The number of carboxylic acid groups (broad SMARTS) is 1. The summed E-state index contributed by atoms with van der Waals surface area (Å²) in [6, 6.07) is 9.87. The molecule has 1 amide bonds. The lowest BCUT2D eigenvalue weighted by Gasteiger charge is -2.16. The van der Waals surface area contributed by atoms with Gasteiger partial charge >= 0.3 is 6.18 Å². The molecular weight excluding hydrogens is 459 g/mol. The molecule has 0 aliphatic carbocycles. The monoisotopic (exact) mass is 478 g/mol. The first-order chi connectivity index (χ1) is 16.0. The molecule has 0 unspecified atom stereocenters. The normalized spacial score (nSPS) is 11.5. The lowest BCUT2D eigenvalue weighted by molar-refractivity contribution is -0.304. The molecule has 0 fully saturated rings. The van der Waals surface area contributed by atoms with Crippen molar-refractivity contribution >= 4 is 22.8 Å². The molecule has 3 rings (SSSR count). The van der Waals surface area contributed by atoms with E-state index in [1.165, 1.54) is 18.2 Å². The molecule has 3 aromatic rings. The van der Waals surface area contributed by atoms with Gasteiger partial charge in [-0.05, 0) is 29.7 Å². The number of nitrogens with one attached hydrogen (secondary N) is 1. The fraction of sp³-hybridized carbons (Fsp3) is 0.261. The van der Waals surface area contributed by atoms with E-state index < -0.39 is 53.7 Å². The number of carboxylic acids is 1. The van der Waals surface area contributed by atoms with Gasteiger partial charge < -0.3 is 29.1 Å². The van der Waals surface area contributed by atoms with Crippen LogP contribution in [0.5, 0.6) is 17.2 Å². The molecule has 1 N–H and O–H groups in total. The number of hydrogen-bond donors (Lipinski definition) is 1. The average molecular weight is 478 g/mol. The summed E-state index contributed by atoms with van der Waals surface area (Å²) in [6.07, 6.45) is -5.04. The van der Waals surface area contributed by atoms with E-state index in [1.807, 2.05) is 19.2 Å². The second-order valence-electron chi connectivity index (χ2n) is 7.48. The molecule has 0 radical (unpaired) electrons. The predicted molar refractivity (Wildman–Crippen MR) is 112 cm³/mol. The molecule has 0 spiro atoms. The van der Waals surface area contributed by atoms with Crippen molar-refractivity contribution in [1.82, 2.24) is 5.32 Å². The summed E-state index contributed by atoms with van der Waals surface area (Å²) in [5, 5.41) is 12.2. The van der Waals surface area contributed by atoms with Crippen LogP contribution in [-0.4, -0.2) is 25.0 Å². The second kappa shape index (κ2) is 9.86. The highest BCUT2D eigenvalue weighted by molar-refractivity contribution is 5.82. The molecule has 8 nitrogen and oxygen atoms in total. The molecule has 180 valence electrons. The molecule has 0 saturated heterocycles. The van der Waals surface area contributed by atoms with Crippen molar-refractivity contribution in [3.05, 3.63) is 64.0 Å². The molecule has 11 heteroatoms. The van der Waals surface area contributed by atoms with Gasteiger partial charge in [-0.15, -0.1) is 0 Å². The zero-order valence-corrected chi connectivity index (χ0v) is 18.0. The van der Waals surface area contributed by atoms with Crippen molar-refractivity contribution < 1.29 is 41.8 Å². The Balaban J connectivity index is 1.99. The van der Waals surface area contributed by atoms with Gasteiger partial charge in [0.1, 0.15) is 17.1 Å². The number of para-hydroxylation sites is 1. The number of hydrogen-bond acceptors (Lipinski definition) is 7. The summed E-state index contributed by atoms with van der Waals surface area (Å²) in [5.41, 5.74) is -0.865. The average Bonchev–Trinajstić information content (AvgIpc) is 2.77. The molecule has 1 aromatic heterocycles. The fourth-order valence-electron chi connectivity index (χ4n) is 3.06. The van der Waals surface area contributed by atoms with Crippen molar-refractivity contribution in [3.63, 3.8) is 0 Å². The zero-order chi connectivity index (χ0) is 25.0. The minimum absolute atomic E-state index is 0.0776. The van der Waals surface area contributed by atoms with Gasteiger partial charge in [0, 0.05) is 6.07 Å². The maximum Gasteiger partial charge on any atom is 0.453 e. The summed E-state index contributed by atoms with van der Waals surface area (Å²) < 4.78 is 56.9. The third kappa shape index (κ3) is 5.66. The number of rotatable bonds is 8. The van der Waals surface area contributed by atoms with E-state index in [4.69, 9.17) is 13.9 Å². The Morgan fingerprint density at radius 2 is 1.85 bits per heavy atom. The van der Waals surface area contributed by atoms with Crippen molar-refractivity contribution in [1.29, 1.82) is 0 Å². The molecular formula is C23H19F3NO7-. The quantitative estimate of drug-likeness (QED) is 0.529. The number of carbonyl (C=O) groups is 2. The van der Waals surface area contributed by atoms with Gasteiger partial charge in [0.25, 0.3) is 11.7 Å². The first-order valence-corrected chi connectivity index (χ1v) is 10.0. The van der Waals surface area contributed by atoms with Gasteiger partial charge in [-0.1, -0.05) is 32.0 Å². The molecule has 0 atom stereocenters. The fourth-order valence-corrected chi connectivity index (χ4v) is 3.06. The summed E-state index contributed by atoms with van der Waals surface area (Å²) in [4.78, 5) is 34.9. The van der Waals surface area contributed by atoms with Crippen LogP contribution in [0.2, 0.25) is 0 Å². The van der Waals surface area contributed by atoms with Gasteiger partial charge in [-0.25, -0.2) is 0 Å². The number of carbonyl (C=O) groups excluding carboxylic acids is 2. The van der Waals surface area contributed by atoms with Gasteiger partial charge in [0.05, 0.1) is 17.9 Å². The van der Waals surface area contributed by atoms with Crippen molar-refractivity contribution in [2.75, 3.05) is 13.2 Å². The van der Waals surface area contributed by atoms with Crippen molar-refractivity contribution in [3.8, 4) is 17.2 Å². The maximum atomic E-state index is 13.8. The van der Waals surface area contributed by atoms with Crippen LogP contribution in [0.1, 0.15) is 31.1 Å². The zero-order valence-electron chi connectivity index (χ0n) is 18.0. The van der Waals surface area contributed by atoms with E-state index in [0.29, 0.717) is 5.56 Å². The van der Waals surface area contributed by atoms with E-state index in [-0.39, 0.29) is 22.8 Å². The van der Waals surface area contributed by atoms with E-state index in [2.05, 4.69) is 0 Å². The standard InChI is InChI=1S/C23H20F3NO7/c1-12(2)14-5-3-4-6-16(14)33-21-20(31)15-8-7-13(32-11-18(28)27-10-19(29)30)9-17(15)34-22(21)23(24,25)26/h3-9,12H,10-11H2,1-2H3,(H,27,28)(H,29,30)/p-1. The van der Waals surface area contributed by atoms with Crippen LogP contribution >= 0.6 is 0 Å². The van der Waals surface area contributed by atoms with Crippen LogP contribution in [0.3, 0.4) is 0 Å².